The lowest BCUT2D eigenvalue weighted by atomic mass is 10.2. The van der Waals surface area contributed by atoms with E-state index in [1.807, 2.05) is 30.3 Å². The molecule has 0 spiro atoms. The first-order valence-corrected chi connectivity index (χ1v) is 12.2. The molecule has 3 heterocycles. The maximum Gasteiger partial charge on any atom is 0.267 e. The van der Waals surface area contributed by atoms with E-state index in [1.165, 1.54) is 23.1 Å². The van der Waals surface area contributed by atoms with Crippen LogP contribution in [0.2, 0.25) is 10.0 Å². The molecule has 1 fully saturated rings. The second kappa shape index (κ2) is 9.19. The van der Waals surface area contributed by atoms with Crippen molar-refractivity contribution in [2.45, 2.75) is 0 Å². The largest absolute Gasteiger partial charge is 0.457 e. The van der Waals surface area contributed by atoms with Crippen LogP contribution in [0.1, 0.15) is 5.76 Å². The minimum absolute atomic E-state index is 0.168. The Kier molecular flexibility index (Phi) is 6.12. The molecule has 0 bridgehead atoms. The fourth-order valence-corrected chi connectivity index (χ4v) is 5.53. The predicted molar refractivity (Wildman–Crippen MR) is 138 cm³/mol. The van der Waals surface area contributed by atoms with E-state index >= 15 is 0 Å². The first-order chi connectivity index (χ1) is 16.0. The highest BCUT2D eigenvalue weighted by Crippen LogP contribution is 2.38. The van der Waals surface area contributed by atoms with Gasteiger partial charge >= 0.3 is 0 Å². The van der Waals surface area contributed by atoms with Gasteiger partial charge in [0.15, 0.2) is 5.17 Å². The molecule has 1 aliphatic rings. The SMILES string of the molecule is C=CCN1C(=O)C(=Cc2ccc(-c3cccc(Cl)c3Cl)o2)SC1=Nc1nc2ccccc2s1. The van der Waals surface area contributed by atoms with Crippen molar-refractivity contribution in [1.82, 2.24) is 9.88 Å². The number of aliphatic imine (C=N–C) groups is 1. The van der Waals surface area contributed by atoms with E-state index in [0.717, 1.165) is 10.2 Å². The van der Waals surface area contributed by atoms with Crippen molar-refractivity contribution >= 4 is 78.8 Å². The van der Waals surface area contributed by atoms with Gasteiger partial charge in [-0.1, -0.05) is 58.8 Å². The number of benzene rings is 2. The molecule has 0 unspecified atom stereocenters. The van der Waals surface area contributed by atoms with Crippen LogP contribution in [0.15, 0.2) is 81.6 Å². The van der Waals surface area contributed by atoms with Gasteiger partial charge in [0, 0.05) is 18.2 Å². The normalized spacial score (nSPS) is 16.4. The van der Waals surface area contributed by atoms with Gasteiger partial charge in [-0.2, -0.15) is 4.99 Å². The number of fused-ring (bicyclic) bond motifs is 1. The van der Waals surface area contributed by atoms with Gasteiger partial charge in [0.1, 0.15) is 11.5 Å². The number of nitrogens with zero attached hydrogens (tertiary/aromatic N) is 3. The molecule has 2 aromatic carbocycles. The third-order valence-electron chi connectivity index (χ3n) is 4.79. The van der Waals surface area contributed by atoms with Gasteiger partial charge in [0.2, 0.25) is 5.13 Å². The zero-order chi connectivity index (χ0) is 22.9. The Hall–Kier alpha value is -2.84. The van der Waals surface area contributed by atoms with Crippen LogP contribution in [-0.2, 0) is 4.79 Å². The Labute approximate surface area is 208 Å². The molecule has 0 radical (unpaired) electrons. The minimum Gasteiger partial charge on any atom is -0.457 e. The Morgan fingerprint density at radius 3 is 2.79 bits per heavy atom. The molecule has 1 saturated heterocycles. The van der Waals surface area contributed by atoms with E-state index in [-0.39, 0.29) is 5.91 Å². The van der Waals surface area contributed by atoms with Gasteiger partial charge in [0.25, 0.3) is 5.91 Å². The van der Waals surface area contributed by atoms with E-state index < -0.39 is 0 Å². The summed E-state index contributed by atoms with van der Waals surface area (Å²) < 4.78 is 6.97. The molecular formula is C24H15Cl2N3O2S2. The summed E-state index contributed by atoms with van der Waals surface area (Å²) in [6.07, 6.45) is 3.37. The number of hydrogen-bond acceptors (Lipinski definition) is 6. The second-order valence-electron chi connectivity index (χ2n) is 6.98. The van der Waals surface area contributed by atoms with Crippen LogP contribution in [0.3, 0.4) is 0 Å². The molecule has 5 rings (SSSR count). The van der Waals surface area contributed by atoms with E-state index in [4.69, 9.17) is 27.6 Å². The molecule has 1 aliphatic heterocycles. The summed E-state index contributed by atoms with van der Waals surface area (Å²) in [4.78, 5) is 24.3. The standard InChI is InChI=1S/C24H15Cl2N3O2S2/c1-2-12-29-22(30)20(33-24(29)28-23-27-17-8-3-4-9-19(17)32-23)13-14-10-11-18(31-14)15-6-5-7-16(25)21(15)26/h2-11,13H,1,12H2. The topological polar surface area (TPSA) is 58.7 Å². The average Bonchev–Trinajstić information content (AvgIpc) is 3.50. The first-order valence-electron chi connectivity index (χ1n) is 9.84. The number of rotatable bonds is 5. The lowest BCUT2D eigenvalue weighted by Gasteiger charge is -2.11. The molecule has 0 saturated carbocycles. The molecule has 5 nitrogen and oxygen atoms in total. The highest BCUT2D eigenvalue weighted by atomic mass is 35.5. The van der Waals surface area contributed by atoms with E-state index in [2.05, 4.69) is 16.6 Å². The summed E-state index contributed by atoms with van der Waals surface area (Å²) in [7, 11) is 0. The summed E-state index contributed by atoms with van der Waals surface area (Å²) >= 11 is 15.2. The van der Waals surface area contributed by atoms with Crippen molar-refractivity contribution in [2.75, 3.05) is 6.54 Å². The average molecular weight is 512 g/mol. The van der Waals surface area contributed by atoms with Crippen molar-refractivity contribution in [3.63, 3.8) is 0 Å². The molecule has 0 aliphatic carbocycles. The van der Waals surface area contributed by atoms with Crippen LogP contribution in [0.5, 0.6) is 0 Å². The van der Waals surface area contributed by atoms with E-state index in [1.54, 1.807) is 41.3 Å². The van der Waals surface area contributed by atoms with Gasteiger partial charge in [-0.15, -0.1) is 6.58 Å². The number of thioether (sulfide) groups is 1. The molecule has 0 N–H and O–H groups in total. The van der Waals surface area contributed by atoms with Gasteiger partial charge in [-0.05, 0) is 48.2 Å². The fraction of sp³-hybridized carbons (Fsp3) is 0.0417. The monoisotopic (exact) mass is 511 g/mol. The quantitative estimate of drug-likeness (QED) is 0.204. The van der Waals surface area contributed by atoms with Crippen LogP contribution < -0.4 is 0 Å². The summed E-state index contributed by atoms with van der Waals surface area (Å²) in [5.41, 5.74) is 1.57. The van der Waals surface area contributed by atoms with Crippen LogP contribution in [0, 0.1) is 0 Å². The smallest absolute Gasteiger partial charge is 0.267 e. The van der Waals surface area contributed by atoms with Crippen molar-refractivity contribution in [3.05, 3.63) is 88.0 Å². The maximum atomic E-state index is 13.1. The Morgan fingerprint density at radius 1 is 1.12 bits per heavy atom. The number of aromatic nitrogens is 1. The van der Waals surface area contributed by atoms with Gasteiger partial charge < -0.3 is 4.42 Å². The summed E-state index contributed by atoms with van der Waals surface area (Å²) in [5, 5.41) is 2.01. The maximum absolute atomic E-state index is 13.1. The van der Waals surface area contributed by atoms with Crippen LogP contribution in [-0.4, -0.2) is 27.5 Å². The molecule has 33 heavy (non-hydrogen) atoms. The number of carbonyl (C=O) groups excluding carboxylic acids is 1. The zero-order valence-electron chi connectivity index (χ0n) is 17.0. The van der Waals surface area contributed by atoms with Gasteiger partial charge in [0.05, 0.1) is 25.2 Å². The fourth-order valence-electron chi connectivity index (χ4n) is 3.27. The number of amides is 1. The number of thiazole rings is 1. The number of amidine groups is 1. The molecular weight excluding hydrogens is 497 g/mol. The molecule has 2 aromatic heterocycles. The Balaban J connectivity index is 1.46. The molecule has 0 atom stereocenters. The predicted octanol–water partition coefficient (Wildman–Crippen LogP) is 7.65. The lowest BCUT2D eigenvalue weighted by molar-refractivity contribution is -0.121. The van der Waals surface area contributed by atoms with Gasteiger partial charge in [-0.25, -0.2) is 4.98 Å². The minimum atomic E-state index is -0.168. The summed E-state index contributed by atoms with van der Waals surface area (Å²) in [6, 6.07) is 16.8. The third-order valence-corrected chi connectivity index (χ3v) is 7.55. The van der Waals surface area contributed by atoms with E-state index in [0.29, 0.717) is 48.9 Å². The highest BCUT2D eigenvalue weighted by molar-refractivity contribution is 8.18. The molecule has 1 amide bonds. The van der Waals surface area contributed by atoms with E-state index in [9.17, 15) is 4.79 Å². The third kappa shape index (κ3) is 4.37. The number of carbonyl (C=O) groups is 1. The number of halogens is 2. The van der Waals surface area contributed by atoms with Crippen molar-refractivity contribution < 1.29 is 9.21 Å². The number of para-hydroxylation sites is 1. The Bertz CT molecular complexity index is 1420. The second-order valence-corrected chi connectivity index (χ2v) is 9.78. The Morgan fingerprint density at radius 2 is 1.97 bits per heavy atom. The number of hydrogen-bond donors (Lipinski definition) is 0. The lowest BCUT2D eigenvalue weighted by Crippen LogP contribution is -2.29. The number of furan rings is 1. The van der Waals surface area contributed by atoms with Crippen LogP contribution >= 0.6 is 46.3 Å². The summed E-state index contributed by atoms with van der Waals surface area (Å²) in [6.45, 7) is 4.11. The van der Waals surface area contributed by atoms with Crippen LogP contribution in [0.4, 0.5) is 5.13 Å². The summed E-state index contributed by atoms with van der Waals surface area (Å²) in [5.74, 6) is 0.922. The van der Waals surface area contributed by atoms with Crippen molar-refractivity contribution in [3.8, 4) is 11.3 Å². The van der Waals surface area contributed by atoms with Crippen molar-refractivity contribution in [1.29, 1.82) is 0 Å². The molecule has 164 valence electrons. The first kappa shape index (κ1) is 22.0. The molecule has 9 heteroatoms. The van der Waals surface area contributed by atoms with Gasteiger partial charge in [-0.3, -0.25) is 9.69 Å². The van der Waals surface area contributed by atoms with Crippen LogP contribution in [0.25, 0.3) is 27.6 Å². The zero-order valence-corrected chi connectivity index (χ0v) is 20.1. The van der Waals surface area contributed by atoms with Crippen molar-refractivity contribution in [2.24, 2.45) is 4.99 Å². The molecule has 4 aromatic rings. The highest BCUT2D eigenvalue weighted by Gasteiger charge is 2.33.